The number of anilines is 2. The molecule has 1 atom stereocenters. The number of likely N-dealkylation sites (tertiary alicyclic amines) is 1. The van der Waals surface area contributed by atoms with E-state index in [1.807, 2.05) is 19.0 Å². The van der Waals surface area contributed by atoms with Gasteiger partial charge in [-0.05, 0) is 38.0 Å². The van der Waals surface area contributed by atoms with E-state index in [0.717, 1.165) is 19.5 Å². The number of likely N-dealkylation sites (N-methyl/N-ethyl adjacent to an activating group) is 1. The highest BCUT2D eigenvalue weighted by molar-refractivity contribution is 6.28. The van der Waals surface area contributed by atoms with E-state index < -0.39 is 0 Å². The van der Waals surface area contributed by atoms with Gasteiger partial charge in [0.15, 0.2) is 0 Å². The zero-order chi connectivity index (χ0) is 13.1. The molecular weight excluding hydrogens is 252 g/mol. The number of nitrogens with zero attached hydrogens (tertiary/aromatic N) is 5. The Hall–Kier alpha value is -1.14. The first kappa shape index (κ1) is 13.3. The molecule has 0 aliphatic carbocycles. The van der Waals surface area contributed by atoms with Crippen LogP contribution in [-0.2, 0) is 0 Å². The van der Waals surface area contributed by atoms with Crippen LogP contribution in [0.3, 0.4) is 0 Å². The summed E-state index contributed by atoms with van der Waals surface area (Å²) in [5.74, 6) is 1.13. The minimum absolute atomic E-state index is 0.223. The van der Waals surface area contributed by atoms with Crippen molar-refractivity contribution < 1.29 is 0 Å². The van der Waals surface area contributed by atoms with Crippen LogP contribution in [0, 0.1) is 0 Å². The Labute approximate surface area is 112 Å². The topological polar surface area (TPSA) is 57.2 Å². The van der Waals surface area contributed by atoms with Gasteiger partial charge >= 0.3 is 0 Å². The lowest BCUT2D eigenvalue weighted by Crippen LogP contribution is -2.40. The molecule has 2 rings (SSSR count). The summed E-state index contributed by atoms with van der Waals surface area (Å²) in [6.07, 6.45) is 2.32. The molecule has 1 fully saturated rings. The van der Waals surface area contributed by atoms with Gasteiger partial charge in [-0.1, -0.05) is 0 Å². The second kappa shape index (κ2) is 5.67. The van der Waals surface area contributed by atoms with E-state index in [1.165, 1.54) is 6.42 Å². The maximum Gasteiger partial charge on any atom is 0.230 e. The van der Waals surface area contributed by atoms with E-state index in [0.29, 0.717) is 17.9 Å². The SMILES string of the molecule is CN1CCCC(Nc2nc(Cl)nc(N(C)C)n2)C1. The average molecular weight is 271 g/mol. The smallest absolute Gasteiger partial charge is 0.230 e. The molecule has 0 saturated carbocycles. The lowest BCUT2D eigenvalue weighted by atomic mass is 10.1. The van der Waals surface area contributed by atoms with E-state index >= 15 is 0 Å². The minimum atomic E-state index is 0.223. The van der Waals surface area contributed by atoms with E-state index in [4.69, 9.17) is 11.6 Å². The molecule has 1 aliphatic heterocycles. The minimum Gasteiger partial charge on any atom is -0.350 e. The number of halogens is 1. The molecule has 0 bridgehead atoms. The summed E-state index contributed by atoms with van der Waals surface area (Å²) >= 11 is 5.90. The van der Waals surface area contributed by atoms with Gasteiger partial charge in [0.05, 0.1) is 0 Å². The number of nitrogens with one attached hydrogen (secondary N) is 1. The number of piperidine rings is 1. The number of hydrogen-bond donors (Lipinski definition) is 1. The van der Waals surface area contributed by atoms with Crippen LogP contribution in [0.2, 0.25) is 5.28 Å². The molecule has 0 spiro atoms. The second-order valence-electron chi connectivity index (χ2n) is 4.87. The molecule has 1 N–H and O–H groups in total. The monoisotopic (exact) mass is 270 g/mol. The van der Waals surface area contributed by atoms with Gasteiger partial charge in [-0.3, -0.25) is 0 Å². The van der Waals surface area contributed by atoms with Gasteiger partial charge < -0.3 is 15.1 Å². The van der Waals surface area contributed by atoms with Crippen LogP contribution in [0.1, 0.15) is 12.8 Å². The summed E-state index contributed by atoms with van der Waals surface area (Å²) in [5, 5.41) is 3.55. The molecule has 2 heterocycles. The molecule has 1 unspecified atom stereocenters. The van der Waals surface area contributed by atoms with E-state index in [2.05, 4.69) is 32.2 Å². The van der Waals surface area contributed by atoms with Crippen molar-refractivity contribution in [3.05, 3.63) is 5.28 Å². The predicted octanol–water partition coefficient (Wildman–Crippen LogP) is 1.10. The van der Waals surface area contributed by atoms with Crippen LogP contribution < -0.4 is 10.2 Å². The van der Waals surface area contributed by atoms with Gasteiger partial charge in [0.1, 0.15) is 0 Å². The summed E-state index contributed by atoms with van der Waals surface area (Å²) < 4.78 is 0. The normalized spacial score (nSPS) is 20.8. The van der Waals surface area contributed by atoms with Crippen molar-refractivity contribution in [3.8, 4) is 0 Å². The molecule has 100 valence electrons. The quantitative estimate of drug-likeness (QED) is 0.888. The molecule has 7 heteroatoms. The van der Waals surface area contributed by atoms with Crippen LogP contribution in [0.15, 0.2) is 0 Å². The van der Waals surface area contributed by atoms with E-state index in [-0.39, 0.29) is 5.28 Å². The van der Waals surface area contributed by atoms with Crippen LogP contribution in [0.4, 0.5) is 11.9 Å². The molecule has 1 aliphatic rings. The zero-order valence-electron chi connectivity index (χ0n) is 11.0. The average Bonchev–Trinajstić information content (AvgIpc) is 2.28. The molecule has 0 radical (unpaired) electrons. The Bertz CT molecular complexity index is 411. The molecule has 0 amide bonds. The number of aromatic nitrogens is 3. The fourth-order valence-electron chi connectivity index (χ4n) is 2.07. The molecule has 1 aromatic rings. The predicted molar refractivity (Wildman–Crippen MR) is 73.3 cm³/mol. The van der Waals surface area contributed by atoms with Crippen molar-refractivity contribution in [2.75, 3.05) is 44.4 Å². The third-order valence-electron chi connectivity index (χ3n) is 2.95. The number of hydrogen-bond acceptors (Lipinski definition) is 6. The maximum atomic E-state index is 5.90. The Morgan fingerprint density at radius 3 is 2.78 bits per heavy atom. The van der Waals surface area contributed by atoms with Crippen molar-refractivity contribution in [2.45, 2.75) is 18.9 Å². The number of rotatable bonds is 3. The van der Waals surface area contributed by atoms with Crippen molar-refractivity contribution in [3.63, 3.8) is 0 Å². The Kier molecular flexibility index (Phi) is 4.19. The summed E-state index contributed by atoms with van der Waals surface area (Å²) in [5.41, 5.74) is 0. The highest BCUT2D eigenvalue weighted by Crippen LogP contribution is 2.15. The van der Waals surface area contributed by atoms with Crippen molar-refractivity contribution in [1.29, 1.82) is 0 Å². The summed E-state index contributed by atoms with van der Waals surface area (Å²) in [4.78, 5) is 16.6. The standard InChI is InChI=1S/C11H19ClN6/c1-17(2)11-15-9(12)14-10(16-11)13-8-5-4-6-18(3)7-8/h8H,4-7H2,1-3H3,(H,13,14,15,16). The maximum absolute atomic E-state index is 5.90. The Balaban J connectivity index is 2.08. The molecular formula is C11H19ClN6. The van der Waals surface area contributed by atoms with Crippen LogP contribution in [-0.4, -0.2) is 60.1 Å². The fourth-order valence-corrected chi connectivity index (χ4v) is 2.23. The van der Waals surface area contributed by atoms with E-state index in [9.17, 15) is 0 Å². The molecule has 6 nitrogen and oxygen atoms in total. The second-order valence-corrected chi connectivity index (χ2v) is 5.21. The van der Waals surface area contributed by atoms with Crippen LogP contribution in [0.5, 0.6) is 0 Å². The zero-order valence-corrected chi connectivity index (χ0v) is 11.8. The fraction of sp³-hybridized carbons (Fsp3) is 0.727. The Morgan fingerprint density at radius 1 is 1.33 bits per heavy atom. The van der Waals surface area contributed by atoms with Gasteiger partial charge in [-0.15, -0.1) is 0 Å². The largest absolute Gasteiger partial charge is 0.350 e. The Morgan fingerprint density at radius 2 is 2.11 bits per heavy atom. The lowest BCUT2D eigenvalue weighted by Gasteiger charge is -2.30. The summed E-state index contributed by atoms with van der Waals surface area (Å²) in [6, 6.07) is 0.372. The highest BCUT2D eigenvalue weighted by atomic mass is 35.5. The molecule has 1 saturated heterocycles. The van der Waals surface area contributed by atoms with Gasteiger partial charge in [0.2, 0.25) is 17.2 Å². The third-order valence-corrected chi connectivity index (χ3v) is 3.12. The van der Waals surface area contributed by atoms with Gasteiger partial charge in [0, 0.05) is 26.7 Å². The first-order valence-electron chi connectivity index (χ1n) is 6.08. The molecule has 18 heavy (non-hydrogen) atoms. The van der Waals surface area contributed by atoms with Crippen LogP contribution in [0.25, 0.3) is 0 Å². The first-order chi connectivity index (χ1) is 8.54. The summed E-state index contributed by atoms with van der Waals surface area (Å²) in [7, 11) is 5.88. The van der Waals surface area contributed by atoms with E-state index in [1.54, 1.807) is 0 Å². The first-order valence-corrected chi connectivity index (χ1v) is 6.46. The van der Waals surface area contributed by atoms with Crippen molar-refractivity contribution in [1.82, 2.24) is 19.9 Å². The highest BCUT2D eigenvalue weighted by Gasteiger charge is 2.18. The van der Waals surface area contributed by atoms with Gasteiger partial charge in [0.25, 0.3) is 0 Å². The van der Waals surface area contributed by atoms with Crippen molar-refractivity contribution in [2.24, 2.45) is 0 Å². The molecule has 1 aromatic heterocycles. The third kappa shape index (κ3) is 3.43. The molecule has 0 aromatic carbocycles. The van der Waals surface area contributed by atoms with Gasteiger partial charge in [-0.2, -0.15) is 15.0 Å². The lowest BCUT2D eigenvalue weighted by molar-refractivity contribution is 0.260. The van der Waals surface area contributed by atoms with Crippen LogP contribution >= 0.6 is 11.6 Å². The van der Waals surface area contributed by atoms with Crippen molar-refractivity contribution >= 4 is 23.5 Å². The summed E-state index contributed by atoms with van der Waals surface area (Å²) in [6.45, 7) is 2.15. The van der Waals surface area contributed by atoms with Gasteiger partial charge in [-0.25, -0.2) is 0 Å².